The minimum atomic E-state index is 0. The standard InChI is InChI=1S/C20H23N3OS.ClH/c1-14-9-10-16(15(2)13-14)19(24)23(12-11-22(3)4)20-21-17-7-5-6-8-18(17)25-20;/h5-10,13H,11-12H2,1-4H3;1H. The van der Waals surface area contributed by atoms with Crippen molar-refractivity contribution in [3.63, 3.8) is 0 Å². The summed E-state index contributed by atoms with van der Waals surface area (Å²) in [5.41, 5.74) is 3.84. The number of likely N-dealkylation sites (N-methyl/N-ethyl adjacent to an activating group) is 1. The van der Waals surface area contributed by atoms with E-state index < -0.39 is 0 Å². The molecule has 6 heteroatoms. The van der Waals surface area contributed by atoms with E-state index in [0.29, 0.717) is 6.54 Å². The van der Waals surface area contributed by atoms with Crippen LogP contribution in [0.4, 0.5) is 5.13 Å². The van der Waals surface area contributed by atoms with Crippen LogP contribution in [-0.2, 0) is 0 Å². The highest BCUT2D eigenvalue weighted by atomic mass is 35.5. The molecule has 1 aromatic heterocycles. The molecule has 3 rings (SSSR count). The van der Waals surface area contributed by atoms with Gasteiger partial charge in [0.2, 0.25) is 0 Å². The van der Waals surface area contributed by atoms with Gasteiger partial charge in [0.25, 0.3) is 5.91 Å². The summed E-state index contributed by atoms with van der Waals surface area (Å²) in [5, 5.41) is 0.757. The molecule has 0 aliphatic heterocycles. The number of benzene rings is 2. The number of amides is 1. The highest BCUT2D eigenvalue weighted by Gasteiger charge is 2.22. The van der Waals surface area contributed by atoms with Gasteiger partial charge >= 0.3 is 0 Å². The van der Waals surface area contributed by atoms with Crippen molar-refractivity contribution in [1.29, 1.82) is 0 Å². The fourth-order valence-corrected chi connectivity index (χ4v) is 3.75. The van der Waals surface area contributed by atoms with Gasteiger partial charge in [-0.3, -0.25) is 9.69 Å². The highest BCUT2D eigenvalue weighted by Crippen LogP contribution is 2.30. The maximum Gasteiger partial charge on any atom is 0.260 e. The molecular weight excluding hydrogens is 366 g/mol. The van der Waals surface area contributed by atoms with Crippen molar-refractivity contribution >= 4 is 45.0 Å². The molecule has 1 heterocycles. The zero-order valence-electron chi connectivity index (χ0n) is 15.5. The third-order valence-electron chi connectivity index (χ3n) is 4.14. The number of halogens is 1. The van der Waals surface area contributed by atoms with Crippen LogP contribution in [0.5, 0.6) is 0 Å². The highest BCUT2D eigenvalue weighted by molar-refractivity contribution is 7.22. The number of thiazole rings is 1. The monoisotopic (exact) mass is 389 g/mol. The molecule has 0 saturated carbocycles. The average Bonchev–Trinajstić information content (AvgIpc) is 2.98. The van der Waals surface area contributed by atoms with Crippen LogP contribution in [0.25, 0.3) is 10.2 Å². The molecule has 2 aromatic carbocycles. The van der Waals surface area contributed by atoms with Crippen LogP contribution in [0.1, 0.15) is 21.5 Å². The summed E-state index contributed by atoms with van der Waals surface area (Å²) in [4.78, 5) is 21.8. The number of fused-ring (bicyclic) bond motifs is 1. The molecule has 0 bridgehead atoms. The summed E-state index contributed by atoms with van der Waals surface area (Å²) < 4.78 is 1.10. The zero-order valence-corrected chi connectivity index (χ0v) is 17.2. The average molecular weight is 390 g/mol. The lowest BCUT2D eigenvalue weighted by molar-refractivity contribution is 0.0984. The van der Waals surface area contributed by atoms with Gasteiger partial charge in [-0.2, -0.15) is 0 Å². The third kappa shape index (κ3) is 4.41. The number of rotatable bonds is 5. The Morgan fingerprint density at radius 1 is 1.08 bits per heavy atom. The van der Waals surface area contributed by atoms with Crippen molar-refractivity contribution in [2.45, 2.75) is 13.8 Å². The fourth-order valence-electron chi connectivity index (χ4n) is 2.76. The van der Waals surface area contributed by atoms with Gasteiger partial charge in [0.05, 0.1) is 10.2 Å². The van der Waals surface area contributed by atoms with Gasteiger partial charge in [-0.05, 0) is 51.7 Å². The zero-order chi connectivity index (χ0) is 18.0. The Balaban J connectivity index is 0.00000243. The topological polar surface area (TPSA) is 36.4 Å². The Morgan fingerprint density at radius 2 is 1.81 bits per heavy atom. The van der Waals surface area contributed by atoms with E-state index >= 15 is 0 Å². The second-order valence-electron chi connectivity index (χ2n) is 6.54. The van der Waals surface area contributed by atoms with Crippen molar-refractivity contribution in [3.05, 3.63) is 59.2 Å². The Hall–Kier alpha value is -1.95. The largest absolute Gasteiger partial charge is 0.308 e. The molecule has 1 amide bonds. The van der Waals surface area contributed by atoms with Gasteiger partial charge in [-0.15, -0.1) is 12.4 Å². The van der Waals surface area contributed by atoms with E-state index in [2.05, 4.69) is 16.0 Å². The van der Waals surface area contributed by atoms with E-state index in [1.807, 2.05) is 69.2 Å². The van der Waals surface area contributed by atoms with E-state index in [9.17, 15) is 4.79 Å². The van der Waals surface area contributed by atoms with Crippen LogP contribution in [0.2, 0.25) is 0 Å². The Labute approximate surface area is 164 Å². The quantitative estimate of drug-likeness (QED) is 0.642. The molecule has 0 aliphatic carbocycles. The van der Waals surface area contributed by atoms with Crippen molar-refractivity contribution in [2.24, 2.45) is 0 Å². The molecule has 0 spiro atoms. The van der Waals surface area contributed by atoms with Crippen LogP contribution < -0.4 is 4.90 Å². The van der Waals surface area contributed by atoms with Gasteiger partial charge in [0.15, 0.2) is 5.13 Å². The van der Waals surface area contributed by atoms with E-state index in [4.69, 9.17) is 0 Å². The number of para-hydroxylation sites is 1. The van der Waals surface area contributed by atoms with Crippen LogP contribution in [0, 0.1) is 13.8 Å². The smallest absolute Gasteiger partial charge is 0.260 e. The minimum absolute atomic E-state index is 0. The lowest BCUT2D eigenvalue weighted by atomic mass is 10.0. The number of aromatic nitrogens is 1. The first kappa shape index (κ1) is 20.4. The molecule has 26 heavy (non-hydrogen) atoms. The van der Waals surface area contributed by atoms with E-state index in [1.165, 1.54) is 0 Å². The van der Waals surface area contributed by atoms with Crippen molar-refractivity contribution < 1.29 is 4.79 Å². The summed E-state index contributed by atoms with van der Waals surface area (Å²) in [6, 6.07) is 14.0. The van der Waals surface area contributed by atoms with E-state index in [1.54, 1.807) is 11.3 Å². The summed E-state index contributed by atoms with van der Waals surface area (Å²) in [6.07, 6.45) is 0. The maximum absolute atomic E-state index is 13.2. The first-order chi connectivity index (χ1) is 12.0. The number of hydrogen-bond acceptors (Lipinski definition) is 4. The van der Waals surface area contributed by atoms with Crippen molar-refractivity contribution in [1.82, 2.24) is 9.88 Å². The maximum atomic E-state index is 13.2. The molecule has 138 valence electrons. The van der Waals surface area contributed by atoms with E-state index in [0.717, 1.165) is 38.6 Å². The van der Waals surface area contributed by atoms with Gasteiger partial charge in [-0.25, -0.2) is 4.98 Å². The van der Waals surface area contributed by atoms with Gasteiger partial charge in [0, 0.05) is 18.7 Å². The molecule has 0 unspecified atom stereocenters. The van der Waals surface area contributed by atoms with Crippen LogP contribution in [-0.4, -0.2) is 43.0 Å². The molecule has 0 atom stereocenters. The Kier molecular flexibility index (Phi) is 6.75. The summed E-state index contributed by atoms with van der Waals surface area (Å²) >= 11 is 1.56. The van der Waals surface area contributed by atoms with Crippen LogP contribution >= 0.6 is 23.7 Å². The van der Waals surface area contributed by atoms with Gasteiger partial charge < -0.3 is 4.90 Å². The third-order valence-corrected chi connectivity index (χ3v) is 5.20. The molecule has 3 aromatic rings. The van der Waals surface area contributed by atoms with Gasteiger partial charge in [0.1, 0.15) is 0 Å². The van der Waals surface area contributed by atoms with Crippen LogP contribution in [0.15, 0.2) is 42.5 Å². The molecule has 4 nitrogen and oxygen atoms in total. The lowest BCUT2D eigenvalue weighted by Crippen LogP contribution is -2.37. The molecule has 0 radical (unpaired) electrons. The number of nitrogens with zero attached hydrogens (tertiary/aromatic N) is 3. The summed E-state index contributed by atoms with van der Waals surface area (Å²) in [5.74, 6) is 0.0124. The number of aryl methyl sites for hydroxylation is 2. The number of anilines is 1. The molecule has 0 saturated heterocycles. The molecule has 0 fully saturated rings. The summed E-state index contributed by atoms with van der Waals surface area (Å²) in [6.45, 7) is 5.42. The number of carbonyl (C=O) groups excluding carboxylic acids is 1. The molecule has 0 aliphatic rings. The SMILES string of the molecule is Cc1ccc(C(=O)N(CCN(C)C)c2nc3ccccc3s2)c(C)c1.Cl. The van der Waals surface area contributed by atoms with Crippen molar-refractivity contribution in [2.75, 3.05) is 32.1 Å². The predicted octanol–water partition coefficient (Wildman–Crippen LogP) is 4.54. The second kappa shape index (κ2) is 8.62. The Bertz CT molecular complexity index is 874. The van der Waals surface area contributed by atoms with Crippen molar-refractivity contribution in [3.8, 4) is 0 Å². The first-order valence-corrected chi connectivity index (χ1v) is 9.17. The fraction of sp³-hybridized carbons (Fsp3) is 0.300. The van der Waals surface area contributed by atoms with Gasteiger partial charge in [-0.1, -0.05) is 41.2 Å². The number of carbonyl (C=O) groups is 1. The van der Waals surface area contributed by atoms with Crippen LogP contribution in [0.3, 0.4) is 0 Å². The predicted molar refractivity (Wildman–Crippen MR) is 113 cm³/mol. The summed E-state index contributed by atoms with van der Waals surface area (Å²) in [7, 11) is 4.02. The first-order valence-electron chi connectivity index (χ1n) is 8.35. The van der Waals surface area contributed by atoms with E-state index in [-0.39, 0.29) is 18.3 Å². The second-order valence-corrected chi connectivity index (χ2v) is 7.55. The molecular formula is C20H24ClN3OS. The molecule has 0 N–H and O–H groups in total. The number of hydrogen-bond donors (Lipinski definition) is 0. The Morgan fingerprint density at radius 3 is 2.46 bits per heavy atom. The normalized spacial score (nSPS) is 10.8. The lowest BCUT2D eigenvalue weighted by Gasteiger charge is -2.22. The minimum Gasteiger partial charge on any atom is -0.308 e.